The van der Waals surface area contributed by atoms with Crippen molar-refractivity contribution >= 4 is 30.3 Å². The Labute approximate surface area is 106 Å². The van der Waals surface area contributed by atoms with Crippen LogP contribution in [0.2, 0.25) is 0 Å². The molecule has 2 radical (unpaired) electrons. The fraction of sp³-hybridized carbons (Fsp3) is 0.308. The van der Waals surface area contributed by atoms with E-state index in [1.54, 1.807) is 26.8 Å². The Balaban J connectivity index is 2.49. The Bertz CT molecular complexity index is 613. The maximum absolute atomic E-state index is 13.6. The number of fused-ring (bicyclic) bond motifs is 1. The van der Waals surface area contributed by atoms with Gasteiger partial charge in [-0.1, -0.05) is 5.46 Å². The fourth-order valence-corrected chi connectivity index (χ4v) is 1.69. The van der Waals surface area contributed by atoms with E-state index >= 15 is 0 Å². The van der Waals surface area contributed by atoms with E-state index in [2.05, 4.69) is 0 Å². The van der Waals surface area contributed by atoms with Gasteiger partial charge in [0.05, 0.1) is 5.52 Å². The van der Waals surface area contributed by atoms with Crippen LogP contribution in [0.15, 0.2) is 24.4 Å². The van der Waals surface area contributed by atoms with Gasteiger partial charge in [0.1, 0.15) is 19.3 Å². The van der Waals surface area contributed by atoms with E-state index in [0.717, 1.165) is 0 Å². The highest BCUT2D eigenvalue weighted by Crippen LogP contribution is 2.19. The number of hydrogen-bond donors (Lipinski definition) is 0. The second kappa shape index (κ2) is 4.16. The van der Waals surface area contributed by atoms with Crippen molar-refractivity contribution < 1.29 is 13.9 Å². The van der Waals surface area contributed by atoms with Gasteiger partial charge in [-0.05, 0) is 39.0 Å². The molecule has 0 N–H and O–H groups in total. The van der Waals surface area contributed by atoms with E-state index < -0.39 is 17.5 Å². The normalized spacial score (nSPS) is 11.8. The van der Waals surface area contributed by atoms with E-state index in [0.29, 0.717) is 10.9 Å². The lowest BCUT2D eigenvalue weighted by Gasteiger charge is -2.19. The smallest absolute Gasteiger partial charge is 0.418 e. The Hall–Kier alpha value is -1.78. The van der Waals surface area contributed by atoms with Crippen LogP contribution in [0.4, 0.5) is 9.18 Å². The Morgan fingerprint density at radius 2 is 2.06 bits per heavy atom. The molecule has 0 aliphatic heterocycles. The number of halogens is 1. The summed E-state index contributed by atoms with van der Waals surface area (Å²) >= 11 is 0. The van der Waals surface area contributed by atoms with Crippen LogP contribution in [-0.4, -0.2) is 24.1 Å². The van der Waals surface area contributed by atoms with Gasteiger partial charge in [-0.25, -0.2) is 9.18 Å². The monoisotopic (exact) mass is 245 g/mol. The number of hydrogen-bond acceptors (Lipinski definition) is 2. The van der Waals surface area contributed by atoms with Crippen LogP contribution in [-0.2, 0) is 4.74 Å². The Morgan fingerprint density at radius 1 is 1.39 bits per heavy atom. The first-order chi connectivity index (χ1) is 8.28. The highest BCUT2D eigenvalue weighted by molar-refractivity contribution is 6.33. The van der Waals surface area contributed by atoms with Crippen molar-refractivity contribution in [3.63, 3.8) is 0 Å². The van der Waals surface area contributed by atoms with Crippen LogP contribution < -0.4 is 5.46 Å². The Morgan fingerprint density at radius 3 is 2.67 bits per heavy atom. The maximum atomic E-state index is 13.6. The first kappa shape index (κ1) is 12.7. The van der Waals surface area contributed by atoms with E-state index in [-0.39, 0.29) is 5.46 Å². The van der Waals surface area contributed by atoms with Crippen molar-refractivity contribution in [3.8, 4) is 0 Å². The first-order valence-electron chi connectivity index (χ1n) is 5.57. The summed E-state index contributed by atoms with van der Waals surface area (Å²) in [5.41, 5.74) is 0.0669. The van der Waals surface area contributed by atoms with Gasteiger partial charge in [0.15, 0.2) is 0 Å². The lowest BCUT2D eigenvalue weighted by Crippen LogP contribution is -2.26. The summed E-state index contributed by atoms with van der Waals surface area (Å²) in [6.07, 6.45) is 0.920. The van der Waals surface area contributed by atoms with Gasteiger partial charge < -0.3 is 4.74 Å². The van der Waals surface area contributed by atoms with Crippen molar-refractivity contribution in [1.82, 2.24) is 4.57 Å². The molecule has 92 valence electrons. The minimum atomic E-state index is -0.605. The summed E-state index contributed by atoms with van der Waals surface area (Å²) in [7, 11) is 5.57. The summed E-state index contributed by atoms with van der Waals surface area (Å²) in [4.78, 5) is 11.9. The molecule has 2 rings (SSSR count). The molecule has 0 saturated carbocycles. The van der Waals surface area contributed by atoms with Crippen molar-refractivity contribution in [1.29, 1.82) is 0 Å². The van der Waals surface area contributed by atoms with Crippen molar-refractivity contribution in [3.05, 3.63) is 30.2 Å². The maximum Gasteiger partial charge on any atom is 0.418 e. The van der Waals surface area contributed by atoms with Crippen LogP contribution >= 0.6 is 0 Å². The summed E-state index contributed by atoms with van der Waals surface area (Å²) in [5.74, 6) is -0.452. The molecular formula is C13H13BFNO2. The number of ether oxygens (including phenoxy) is 1. The van der Waals surface area contributed by atoms with Gasteiger partial charge in [-0.15, -0.1) is 0 Å². The molecule has 0 unspecified atom stereocenters. The second-order valence-corrected chi connectivity index (χ2v) is 5.10. The first-order valence-corrected chi connectivity index (χ1v) is 5.57. The largest absolute Gasteiger partial charge is 0.443 e. The minimum Gasteiger partial charge on any atom is -0.443 e. The number of carbonyl (C=O) groups is 1. The third-order valence-electron chi connectivity index (χ3n) is 2.37. The molecule has 0 saturated heterocycles. The van der Waals surface area contributed by atoms with Gasteiger partial charge in [-0.3, -0.25) is 4.57 Å². The molecule has 3 nitrogen and oxygen atoms in total. The second-order valence-electron chi connectivity index (χ2n) is 5.10. The third-order valence-corrected chi connectivity index (χ3v) is 2.37. The van der Waals surface area contributed by atoms with Gasteiger partial charge in [-0.2, -0.15) is 0 Å². The summed E-state index contributed by atoms with van der Waals surface area (Å²) < 4.78 is 20.1. The molecule has 0 spiro atoms. The summed E-state index contributed by atoms with van der Waals surface area (Å²) in [6, 6.07) is 4.29. The molecule has 2 aromatic rings. The van der Waals surface area contributed by atoms with E-state index in [1.165, 1.54) is 22.9 Å². The number of nitrogens with zero attached hydrogens (tertiary/aromatic N) is 1. The SMILES string of the molecule is [B]c1cc(F)c2ccn(C(=O)OC(C)(C)C)c2c1. The fourth-order valence-electron chi connectivity index (χ4n) is 1.69. The van der Waals surface area contributed by atoms with Crippen LogP contribution in [0.5, 0.6) is 0 Å². The molecule has 1 aromatic carbocycles. The molecular weight excluding hydrogens is 232 g/mol. The number of aromatic nitrogens is 1. The quantitative estimate of drug-likeness (QED) is 0.667. The molecule has 0 atom stereocenters. The molecule has 0 aliphatic rings. The van der Waals surface area contributed by atoms with Crippen molar-refractivity contribution in [2.24, 2.45) is 0 Å². The standard InChI is InChI=1S/C13H13BFNO2/c1-13(2,3)18-12(17)16-5-4-9-10(15)6-8(14)7-11(9)16/h4-7H,1-3H3. The van der Waals surface area contributed by atoms with Crippen LogP contribution in [0.3, 0.4) is 0 Å². The average Bonchev–Trinajstić information content (AvgIpc) is 2.58. The lowest BCUT2D eigenvalue weighted by atomic mass is 9.95. The van der Waals surface area contributed by atoms with Crippen molar-refractivity contribution in [2.75, 3.05) is 0 Å². The molecule has 0 bridgehead atoms. The molecule has 5 heteroatoms. The average molecular weight is 245 g/mol. The van der Waals surface area contributed by atoms with E-state index in [9.17, 15) is 9.18 Å². The minimum absolute atomic E-state index is 0.267. The van der Waals surface area contributed by atoms with E-state index in [1.807, 2.05) is 0 Å². The lowest BCUT2D eigenvalue weighted by molar-refractivity contribution is 0.0544. The van der Waals surface area contributed by atoms with Gasteiger partial charge in [0.25, 0.3) is 0 Å². The predicted octanol–water partition coefficient (Wildman–Crippen LogP) is 2.36. The molecule has 0 fully saturated rings. The van der Waals surface area contributed by atoms with Crippen LogP contribution in [0, 0.1) is 5.82 Å². The van der Waals surface area contributed by atoms with E-state index in [4.69, 9.17) is 12.6 Å². The van der Waals surface area contributed by atoms with Crippen molar-refractivity contribution in [2.45, 2.75) is 26.4 Å². The van der Waals surface area contributed by atoms with Gasteiger partial charge in [0.2, 0.25) is 0 Å². The third kappa shape index (κ3) is 2.40. The zero-order chi connectivity index (χ0) is 13.5. The highest BCUT2D eigenvalue weighted by atomic mass is 19.1. The molecule has 1 heterocycles. The predicted molar refractivity (Wildman–Crippen MR) is 68.9 cm³/mol. The summed E-state index contributed by atoms with van der Waals surface area (Å²) in [5, 5.41) is 0.343. The number of benzene rings is 1. The van der Waals surface area contributed by atoms with Gasteiger partial charge in [0, 0.05) is 11.6 Å². The number of carbonyl (C=O) groups excluding carboxylic acids is 1. The van der Waals surface area contributed by atoms with Gasteiger partial charge >= 0.3 is 6.09 Å². The Kier molecular flexibility index (Phi) is 2.93. The zero-order valence-corrected chi connectivity index (χ0v) is 10.5. The highest BCUT2D eigenvalue weighted by Gasteiger charge is 2.19. The molecule has 1 aromatic heterocycles. The van der Waals surface area contributed by atoms with Crippen LogP contribution in [0.25, 0.3) is 10.9 Å². The molecule has 0 amide bonds. The molecule has 18 heavy (non-hydrogen) atoms. The topological polar surface area (TPSA) is 31.2 Å². The summed E-state index contributed by atoms with van der Waals surface area (Å²) in [6.45, 7) is 5.31. The zero-order valence-electron chi connectivity index (χ0n) is 10.5. The van der Waals surface area contributed by atoms with Crippen LogP contribution in [0.1, 0.15) is 20.8 Å². The number of rotatable bonds is 0. The molecule has 0 aliphatic carbocycles.